The molecule has 2 rings (SSSR count). The molecule has 1 aliphatic heterocycles. The van der Waals surface area contributed by atoms with Crippen LogP contribution in [0.15, 0.2) is 41.0 Å². The van der Waals surface area contributed by atoms with Crippen LogP contribution in [0.2, 0.25) is 0 Å². The predicted octanol–water partition coefficient (Wildman–Crippen LogP) is 1.84. The Morgan fingerprint density at radius 1 is 1.26 bits per heavy atom. The lowest BCUT2D eigenvalue weighted by molar-refractivity contribution is -0.119. The molecule has 1 heterocycles. The molecule has 1 aliphatic rings. The van der Waals surface area contributed by atoms with Crippen LogP contribution in [-0.2, 0) is 19.4 Å². The van der Waals surface area contributed by atoms with Gasteiger partial charge in [0.1, 0.15) is 16.4 Å². The molecule has 122 valence electrons. The van der Waals surface area contributed by atoms with Gasteiger partial charge in [0, 0.05) is 11.9 Å². The van der Waals surface area contributed by atoms with Crippen molar-refractivity contribution in [3.05, 3.63) is 41.9 Å². The van der Waals surface area contributed by atoms with E-state index in [9.17, 15) is 22.4 Å². The van der Waals surface area contributed by atoms with Crippen LogP contribution in [0.25, 0.3) is 0 Å². The van der Waals surface area contributed by atoms with Crippen LogP contribution in [-0.4, -0.2) is 30.4 Å². The fourth-order valence-electron chi connectivity index (χ4n) is 1.85. The van der Waals surface area contributed by atoms with E-state index in [-0.39, 0.29) is 10.6 Å². The predicted molar refractivity (Wildman–Crippen MR) is 84.2 cm³/mol. The molecule has 23 heavy (non-hydrogen) atoms. The molecule has 0 unspecified atom stereocenters. The molecule has 0 saturated heterocycles. The average molecular weight is 338 g/mol. The van der Waals surface area contributed by atoms with Crippen LogP contribution >= 0.6 is 0 Å². The van der Waals surface area contributed by atoms with Gasteiger partial charge in [-0.05, 0) is 38.1 Å². The Labute approximate surface area is 133 Å². The highest BCUT2D eigenvalue weighted by molar-refractivity contribution is 8.07. The summed E-state index contributed by atoms with van der Waals surface area (Å²) in [6.45, 7) is 2.98. The smallest absolute Gasteiger partial charge is 0.260 e. The van der Waals surface area contributed by atoms with E-state index < -0.39 is 39.0 Å². The van der Waals surface area contributed by atoms with E-state index in [1.165, 1.54) is 26.0 Å². The van der Waals surface area contributed by atoms with Gasteiger partial charge >= 0.3 is 0 Å². The third-order valence-electron chi connectivity index (χ3n) is 3.25. The molecule has 0 atom stereocenters. The SMILES string of the molecule is CC(C)S(=O)(=O)C1=NC=C(C(=O)Nc2ccc(F)cc2)C(=O)C1. The molecular weight excluding hydrogens is 323 g/mol. The molecule has 0 bridgehead atoms. The molecule has 0 spiro atoms. The summed E-state index contributed by atoms with van der Waals surface area (Å²) < 4.78 is 36.8. The number of halogens is 1. The van der Waals surface area contributed by atoms with Gasteiger partial charge in [-0.1, -0.05) is 0 Å². The fraction of sp³-hybridized carbons (Fsp3) is 0.267. The molecule has 1 amide bonds. The lowest BCUT2D eigenvalue weighted by atomic mass is 10.1. The first-order valence-corrected chi connectivity index (χ1v) is 8.37. The molecule has 0 saturated carbocycles. The van der Waals surface area contributed by atoms with E-state index in [0.29, 0.717) is 5.69 Å². The van der Waals surface area contributed by atoms with Crippen molar-refractivity contribution in [3.63, 3.8) is 0 Å². The Kier molecular flexibility index (Phi) is 4.74. The van der Waals surface area contributed by atoms with Gasteiger partial charge < -0.3 is 5.32 Å². The van der Waals surface area contributed by atoms with Crippen molar-refractivity contribution < 1.29 is 22.4 Å². The number of benzene rings is 1. The summed E-state index contributed by atoms with van der Waals surface area (Å²) in [5, 5.41) is 1.50. The third-order valence-corrected chi connectivity index (χ3v) is 5.39. The molecule has 0 aliphatic carbocycles. The van der Waals surface area contributed by atoms with E-state index in [0.717, 1.165) is 18.3 Å². The minimum atomic E-state index is -3.63. The Balaban J connectivity index is 2.22. The van der Waals surface area contributed by atoms with Gasteiger partial charge in [0.2, 0.25) is 0 Å². The van der Waals surface area contributed by atoms with Gasteiger partial charge in [0.05, 0.1) is 11.7 Å². The summed E-state index contributed by atoms with van der Waals surface area (Å²) in [5.41, 5.74) is 0.0757. The largest absolute Gasteiger partial charge is 0.322 e. The lowest BCUT2D eigenvalue weighted by Gasteiger charge is -2.15. The number of anilines is 1. The number of nitrogens with one attached hydrogen (secondary N) is 1. The van der Waals surface area contributed by atoms with Gasteiger partial charge in [0.25, 0.3) is 5.91 Å². The van der Waals surface area contributed by atoms with E-state index in [1.54, 1.807) is 0 Å². The van der Waals surface area contributed by atoms with E-state index >= 15 is 0 Å². The lowest BCUT2D eigenvalue weighted by Crippen LogP contribution is -2.31. The Hall–Kier alpha value is -2.35. The van der Waals surface area contributed by atoms with Crippen molar-refractivity contribution in [2.45, 2.75) is 25.5 Å². The van der Waals surface area contributed by atoms with Gasteiger partial charge in [-0.3, -0.25) is 9.59 Å². The van der Waals surface area contributed by atoms with Crippen LogP contribution in [0.1, 0.15) is 20.3 Å². The molecule has 1 N–H and O–H groups in total. The maximum Gasteiger partial charge on any atom is 0.260 e. The van der Waals surface area contributed by atoms with Crippen LogP contribution < -0.4 is 5.32 Å². The first-order chi connectivity index (χ1) is 10.7. The second kappa shape index (κ2) is 6.41. The number of amides is 1. The number of hydrogen-bond acceptors (Lipinski definition) is 5. The minimum absolute atomic E-state index is 0.239. The second-order valence-electron chi connectivity index (χ2n) is 5.22. The van der Waals surface area contributed by atoms with Crippen molar-refractivity contribution in [1.82, 2.24) is 0 Å². The van der Waals surface area contributed by atoms with Gasteiger partial charge in [0.15, 0.2) is 15.6 Å². The molecule has 0 aromatic heterocycles. The number of aliphatic imine (C=N–C) groups is 1. The topological polar surface area (TPSA) is 92.7 Å². The van der Waals surface area contributed by atoms with Crippen molar-refractivity contribution in [1.29, 1.82) is 0 Å². The van der Waals surface area contributed by atoms with Crippen LogP contribution in [0.3, 0.4) is 0 Å². The Morgan fingerprint density at radius 2 is 1.87 bits per heavy atom. The quantitative estimate of drug-likeness (QED) is 0.851. The molecule has 8 heteroatoms. The molecule has 1 aromatic carbocycles. The zero-order valence-electron chi connectivity index (χ0n) is 12.5. The van der Waals surface area contributed by atoms with Gasteiger partial charge in [-0.2, -0.15) is 0 Å². The monoisotopic (exact) mass is 338 g/mol. The number of hydrogen-bond donors (Lipinski definition) is 1. The maximum absolute atomic E-state index is 12.8. The molecule has 0 fully saturated rings. The Bertz CT molecular complexity index is 808. The van der Waals surface area contributed by atoms with Gasteiger partial charge in [-0.15, -0.1) is 0 Å². The number of sulfone groups is 1. The van der Waals surface area contributed by atoms with Crippen LogP contribution in [0.5, 0.6) is 0 Å². The highest BCUT2D eigenvalue weighted by Gasteiger charge is 2.31. The first-order valence-electron chi connectivity index (χ1n) is 6.82. The molecule has 1 aromatic rings. The van der Waals surface area contributed by atoms with Gasteiger partial charge in [-0.25, -0.2) is 17.8 Å². The summed E-state index contributed by atoms with van der Waals surface area (Å²) >= 11 is 0. The number of nitrogens with zero attached hydrogens (tertiary/aromatic N) is 1. The van der Waals surface area contributed by atoms with Crippen LogP contribution in [0, 0.1) is 5.82 Å². The van der Waals surface area contributed by atoms with Crippen molar-refractivity contribution >= 4 is 32.3 Å². The fourth-order valence-corrected chi connectivity index (χ4v) is 2.93. The molecule has 0 radical (unpaired) electrons. The van der Waals surface area contributed by atoms with Crippen molar-refractivity contribution in [2.75, 3.05) is 5.32 Å². The van der Waals surface area contributed by atoms with Crippen molar-refractivity contribution in [3.8, 4) is 0 Å². The first kappa shape index (κ1) is 17.0. The number of Topliss-reactive ketones (excluding diaryl/α,β-unsaturated/α-hetero) is 1. The van der Waals surface area contributed by atoms with E-state index in [2.05, 4.69) is 10.3 Å². The standard InChI is InChI=1S/C15H15FN2O4S/c1-9(2)23(21,22)14-7-13(19)12(8-17-14)15(20)18-11-5-3-10(16)4-6-11/h3-6,8-9H,7H2,1-2H3,(H,18,20). The van der Waals surface area contributed by atoms with E-state index in [4.69, 9.17) is 0 Å². The zero-order valence-corrected chi connectivity index (χ0v) is 13.4. The maximum atomic E-state index is 12.8. The summed E-state index contributed by atoms with van der Waals surface area (Å²) in [5.74, 6) is -1.80. The number of carbonyl (C=O) groups excluding carboxylic acids is 2. The second-order valence-corrected chi connectivity index (χ2v) is 7.72. The van der Waals surface area contributed by atoms with Crippen LogP contribution in [0.4, 0.5) is 10.1 Å². The zero-order chi connectivity index (χ0) is 17.2. The Morgan fingerprint density at radius 3 is 2.39 bits per heavy atom. The normalized spacial score (nSPS) is 15.2. The highest BCUT2D eigenvalue weighted by atomic mass is 32.2. The summed E-state index contributed by atoms with van der Waals surface area (Å²) in [6, 6.07) is 5.02. The molecular formula is C15H15FN2O4S. The summed E-state index contributed by atoms with van der Waals surface area (Å²) in [6.07, 6.45) is 0.517. The minimum Gasteiger partial charge on any atom is -0.322 e. The number of carbonyl (C=O) groups is 2. The summed E-state index contributed by atoms with van der Waals surface area (Å²) in [4.78, 5) is 27.8. The summed E-state index contributed by atoms with van der Waals surface area (Å²) in [7, 11) is -3.63. The number of ketones is 1. The van der Waals surface area contributed by atoms with Crippen molar-refractivity contribution in [2.24, 2.45) is 4.99 Å². The average Bonchev–Trinajstić information content (AvgIpc) is 2.49. The highest BCUT2D eigenvalue weighted by Crippen LogP contribution is 2.17. The molecule has 6 nitrogen and oxygen atoms in total. The third kappa shape index (κ3) is 3.70. The number of rotatable bonds is 3. The van der Waals surface area contributed by atoms with E-state index in [1.807, 2.05) is 0 Å².